The van der Waals surface area contributed by atoms with Crippen LogP contribution >= 0.6 is 34.8 Å². The summed E-state index contributed by atoms with van der Waals surface area (Å²) >= 11 is 18.4. The Morgan fingerprint density at radius 1 is 0.926 bits per heavy atom. The zero-order valence-corrected chi connectivity index (χ0v) is 15.8. The van der Waals surface area contributed by atoms with E-state index in [-0.39, 0.29) is 28.0 Å². The van der Waals surface area contributed by atoms with Gasteiger partial charge in [0, 0.05) is 21.2 Å². The van der Waals surface area contributed by atoms with Gasteiger partial charge >= 0.3 is 6.03 Å². The minimum absolute atomic E-state index is 0.105. The van der Waals surface area contributed by atoms with Crippen molar-refractivity contribution in [2.24, 2.45) is 0 Å². The summed E-state index contributed by atoms with van der Waals surface area (Å²) in [5, 5.41) is 4.97. The molecule has 0 radical (unpaired) electrons. The SMILES string of the molecule is O=C1NC(=O)C(=Cc2cc(Cl)cc(Cl)c2OCc2ccccc2Cl)C(=O)N1. The van der Waals surface area contributed by atoms with E-state index in [1.807, 2.05) is 16.7 Å². The maximum Gasteiger partial charge on any atom is 0.328 e. The summed E-state index contributed by atoms with van der Waals surface area (Å²) in [4.78, 5) is 35.1. The lowest BCUT2D eigenvalue weighted by Crippen LogP contribution is -2.51. The summed E-state index contributed by atoms with van der Waals surface area (Å²) in [6, 6.07) is 9.18. The first-order chi connectivity index (χ1) is 12.8. The van der Waals surface area contributed by atoms with Crippen molar-refractivity contribution in [3.63, 3.8) is 0 Å². The number of halogens is 3. The van der Waals surface area contributed by atoms with Gasteiger partial charge in [-0.1, -0.05) is 53.0 Å². The third kappa shape index (κ3) is 4.42. The third-order valence-corrected chi connectivity index (χ3v) is 4.48. The Morgan fingerprint density at radius 2 is 1.59 bits per heavy atom. The van der Waals surface area contributed by atoms with E-state index in [0.717, 1.165) is 5.56 Å². The van der Waals surface area contributed by atoms with E-state index in [9.17, 15) is 14.4 Å². The molecule has 1 saturated heterocycles. The van der Waals surface area contributed by atoms with Gasteiger partial charge in [-0.15, -0.1) is 0 Å². The van der Waals surface area contributed by atoms with Gasteiger partial charge in [0.25, 0.3) is 11.8 Å². The topological polar surface area (TPSA) is 84.5 Å². The summed E-state index contributed by atoms with van der Waals surface area (Å²) in [6.07, 6.45) is 1.25. The molecule has 3 rings (SSSR count). The van der Waals surface area contributed by atoms with E-state index in [4.69, 9.17) is 39.5 Å². The van der Waals surface area contributed by atoms with Gasteiger partial charge in [0.15, 0.2) is 0 Å². The molecule has 138 valence electrons. The summed E-state index contributed by atoms with van der Waals surface area (Å²) in [5.41, 5.74) is 0.743. The highest BCUT2D eigenvalue weighted by molar-refractivity contribution is 6.36. The number of ether oxygens (including phenoxy) is 1. The quantitative estimate of drug-likeness (QED) is 0.573. The van der Waals surface area contributed by atoms with Crippen LogP contribution < -0.4 is 15.4 Å². The van der Waals surface area contributed by atoms with E-state index in [1.54, 1.807) is 18.2 Å². The van der Waals surface area contributed by atoms with Crippen molar-refractivity contribution in [3.05, 3.63) is 68.2 Å². The van der Waals surface area contributed by atoms with Crippen molar-refractivity contribution >= 4 is 58.7 Å². The first-order valence-electron chi connectivity index (χ1n) is 7.59. The Kier molecular flexibility index (Phi) is 5.70. The minimum atomic E-state index is -0.888. The van der Waals surface area contributed by atoms with Gasteiger partial charge in [-0.05, 0) is 24.3 Å². The number of imide groups is 2. The third-order valence-electron chi connectivity index (χ3n) is 3.61. The van der Waals surface area contributed by atoms with Gasteiger partial charge in [0.1, 0.15) is 17.9 Å². The Hall–Kier alpha value is -2.54. The zero-order valence-electron chi connectivity index (χ0n) is 13.5. The normalized spacial score (nSPS) is 13.9. The number of benzene rings is 2. The van der Waals surface area contributed by atoms with Crippen LogP contribution in [0.4, 0.5) is 4.79 Å². The van der Waals surface area contributed by atoms with Crippen LogP contribution in [0.15, 0.2) is 42.0 Å². The van der Waals surface area contributed by atoms with Gasteiger partial charge in [-0.3, -0.25) is 20.2 Å². The number of nitrogens with one attached hydrogen (secondary N) is 2. The maximum atomic E-state index is 11.9. The lowest BCUT2D eigenvalue weighted by molar-refractivity contribution is -0.123. The molecule has 2 aromatic rings. The van der Waals surface area contributed by atoms with Crippen LogP contribution in [0.25, 0.3) is 6.08 Å². The van der Waals surface area contributed by atoms with Crippen molar-refractivity contribution in [1.29, 1.82) is 0 Å². The van der Waals surface area contributed by atoms with Crippen LogP contribution in [-0.4, -0.2) is 17.8 Å². The Morgan fingerprint density at radius 3 is 2.26 bits per heavy atom. The fourth-order valence-corrected chi connectivity index (χ4v) is 3.12. The first-order valence-corrected chi connectivity index (χ1v) is 8.72. The van der Waals surface area contributed by atoms with Crippen molar-refractivity contribution in [3.8, 4) is 5.75 Å². The number of urea groups is 1. The average molecular weight is 426 g/mol. The number of hydrogen-bond acceptors (Lipinski definition) is 4. The molecule has 0 bridgehead atoms. The molecule has 1 heterocycles. The van der Waals surface area contributed by atoms with Crippen LogP contribution in [-0.2, 0) is 16.2 Å². The number of amides is 4. The molecule has 0 saturated carbocycles. The molecular formula is C18H11Cl3N2O4. The Balaban J connectivity index is 1.97. The van der Waals surface area contributed by atoms with Crippen LogP contribution in [0, 0.1) is 0 Å². The molecule has 1 aliphatic rings. The molecule has 4 amide bonds. The smallest absolute Gasteiger partial charge is 0.328 e. The fourth-order valence-electron chi connectivity index (χ4n) is 2.37. The molecule has 6 nitrogen and oxygen atoms in total. The van der Waals surface area contributed by atoms with E-state index in [0.29, 0.717) is 10.6 Å². The monoisotopic (exact) mass is 424 g/mol. The molecule has 1 aliphatic heterocycles. The molecule has 0 atom stereocenters. The van der Waals surface area contributed by atoms with E-state index < -0.39 is 17.8 Å². The van der Waals surface area contributed by atoms with E-state index in [1.165, 1.54) is 18.2 Å². The lowest BCUT2D eigenvalue weighted by Gasteiger charge is -2.16. The second-order valence-electron chi connectivity index (χ2n) is 5.48. The predicted molar refractivity (Wildman–Crippen MR) is 102 cm³/mol. The fraction of sp³-hybridized carbons (Fsp3) is 0.0556. The lowest BCUT2D eigenvalue weighted by atomic mass is 10.1. The number of rotatable bonds is 4. The van der Waals surface area contributed by atoms with Crippen molar-refractivity contribution in [1.82, 2.24) is 10.6 Å². The summed E-state index contributed by atoms with van der Waals surface area (Å²) < 4.78 is 5.77. The van der Waals surface area contributed by atoms with Gasteiger partial charge in [-0.2, -0.15) is 0 Å². The molecule has 27 heavy (non-hydrogen) atoms. The average Bonchev–Trinajstić information content (AvgIpc) is 2.58. The summed E-state index contributed by atoms with van der Waals surface area (Å²) in [5.74, 6) is -1.46. The number of carbonyl (C=O) groups excluding carboxylic acids is 3. The Labute approximate surface area is 169 Å². The molecule has 2 N–H and O–H groups in total. The van der Waals surface area contributed by atoms with Gasteiger partial charge < -0.3 is 4.74 Å². The molecule has 2 aromatic carbocycles. The van der Waals surface area contributed by atoms with Crippen molar-refractivity contribution in [2.45, 2.75) is 6.61 Å². The summed E-state index contributed by atoms with van der Waals surface area (Å²) in [7, 11) is 0. The summed E-state index contributed by atoms with van der Waals surface area (Å²) in [6.45, 7) is 0.105. The number of carbonyl (C=O) groups is 3. The highest BCUT2D eigenvalue weighted by Crippen LogP contribution is 2.35. The van der Waals surface area contributed by atoms with E-state index in [2.05, 4.69) is 0 Å². The second kappa shape index (κ2) is 8.00. The molecule has 0 unspecified atom stereocenters. The van der Waals surface area contributed by atoms with Gasteiger partial charge in [0.2, 0.25) is 0 Å². The molecule has 1 fully saturated rings. The second-order valence-corrected chi connectivity index (χ2v) is 6.73. The van der Waals surface area contributed by atoms with Gasteiger partial charge in [0.05, 0.1) is 5.02 Å². The maximum absolute atomic E-state index is 11.9. The van der Waals surface area contributed by atoms with Crippen LogP contribution in [0.3, 0.4) is 0 Å². The Bertz CT molecular complexity index is 967. The molecule has 9 heteroatoms. The highest BCUT2D eigenvalue weighted by Gasteiger charge is 2.28. The highest BCUT2D eigenvalue weighted by atomic mass is 35.5. The standard InChI is InChI=1S/C18H11Cl3N2O4/c19-11-5-10(6-12-16(24)22-18(26)23-17(12)25)15(14(21)7-11)27-8-9-3-1-2-4-13(9)20/h1-7H,8H2,(H2,22,23,24,25,26). The molecule has 0 aliphatic carbocycles. The minimum Gasteiger partial charge on any atom is -0.487 e. The molecule has 0 aromatic heterocycles. The zero-order chi connectivity index (χ0) is 19.6. The van der Waals surface area contributed by atoms with Gasteiger partial charge in [-0.25, -0.2) is 4.79 Å². The van der Waals surface area contributed by atoms with Crippen molar-refractivity contribution in [2.75, 3.05) is 0 Å². The first kappa shape index (κ1) is 19.2. The van der Waals surface area contributed by atoms with Crippen molar-refractivity contribution < 1.29 is 19.1 Å². The van der Waals surface area contributed by atoms with Crippen LogP contribution in [0.5, 0.6) is 5.75 Å². The van der Waals surface area contributed by atoms with Crippen LogP contribution in [0.1, 0.15) is 11.1 Å². The molecule has 0 spiro atoms. The molecular weight excluding hydrogens is 415 g/mol. The number of barbiturate groups is 1. The van der Waals surface area contributed by atoms with Crippen LogP contribution in [0.2, 0.25) is 15.1 Å². The predicted octanol–water partition coefficient (Wildman–Crippen LogP) is 3.98. The van der Waals surface area contributed by atoms with E-state index >= 15 is 0 Å². The number of hydrogen-bond donors (Lipinski definition) is 2. The largest absolute Gasteiger partial charge is 0.487 e.